The van der Waals surface area contributed by atoms with Gasteiger partial charge in [-0.25, -0.2) is 4.39 Å². The van der Waals surface area contributed by atoms with E-state index in [4.69, 9.17) is 16.9 Å². The van der Waals surface area contributed by atoms with Crippen LogP contribution in [0.3, 0.4) is 0 Å². The number of nitrogens with one attached hydrogen (secondary N) is 1. The first kappa shape index (κ1) is 12.4. The summed E-state index contributed by atoms with van der Waals surface area (Å²) >= 11 is 5.81. The molecule has 0 aliphatic rings. The van der Waals surface area contributed by atoms with E-state index >= 15 is 0 Å². The Morgan fingerprint density at radius 3 is 2.67 bits per heavy atom. The smallest absolute Gasteiger partial charge is 0.146 e. The van der Waals surface area contributed by atoms with Gasteiger partial charge in [-0.1, -0.05) is 11.6 Å². The van der Waals surface area contributed by atoms with Gasteiger partial charge in [0.05, 0.1) is 17.3 Å². The minimum atomic E-state index is -0.374. The summed E-state index contributed by atoms with van der Waals surface area (Å²) in [4.78, 5) is 0. The van der Waals surface area contributed by atoms with E-state index in [2.05, 4.69) is 11.4 Å². The highest BCUT2D eigenvalue weighted by atomic mass is 35.5. The number of rotatable bonds is 2. The second-order valence-electron chi connectivity index (χ2n) is 3.89. The van der Waals surface area contributed by atoms with E-state index in [1.807, 2.05) is 6.92 Å². The van der Waals surface area contributed by atoms with Crippen molar-refractivity contribution < 1.29 is 4.39 Å². The van der Waals surface area contributed by atoms with Crippen LogP contribution in [0.4, 0.5) is 15.8 Å². The van der Waals surface area contributed by atoms with E-state index in [1.165, 1.54) is 18.2 Å². The van der Waals surface area contributed by atoms with E-state index in [1.54, 1.807) is 18.2 Å². The van der Waals surface area contributed by atoms with Crippen molar-refractivity contribution in [1.29, 1.82) is 5.26 Å². The van der Waals surface area contributed by atoms with Crippen LogP contribution in [0.15, 0.2) is 36.4 Å². The molecule has 1 N–H and O–H groups in total. The number of aryl methyl sites for hydroxylation is 1. The number of hydrogen-bond donors (Lipinski definition) is 1. The van der Waals surface area contributed by atoms with Gasteiger partial charge < -0.3 is 5.32 Å². The second kappa shape index (κ2) is 5.07. The lowest BCUT2D eigenvalue weighted by Gasteiger charge is -2.09. The summed E-state index contributed by atoms with van der Waals surface area (Å²) < 4.78 is 13.5. The van der Waals surface area contributed by atoms with E-state index in [-0.39, 0.29) is 5.82 Å². The lowest BCUT2D eigenvalue weighted by atomic mass is 10.1. The Balaban J connectivity index is 2.32. The van der Waals surface area contributed by atoms with Gasteiger partial charge in [0.2, 0.25) is 0 Å². The van der Waals surface area contributed by atoms with Crippen LogP contribution in [0.5, 0.6) is 0 Å². The highest BCUT2D eigenvalue weighted by molar-refractivity contribution is 6.30. The molecule has 0 amide bonds. The normalized spacial score (nSPS) is 9.89. The number of benzene rings is 2. The van der Waals surface area contributed by atoms with Gasteiger partial charge in [0.15, 0.2) is 0 Å². The molecule has 0 aliphatic carbocycles. The molecular formula is C14H10ClFN2. The quantitative estimate of drug-likeness (QED) is 0.869. The average molecular weight is 261 g/mol. The van der Waals surface area contributed by atoms with E-state index < -0.39 is 0 Å². The molecule has 0 heterocycles. The number of hydrogen-bond acceptors (Lipinski definition) is 2. The molecule has 0 saturated carbocycles. The van der Waals surface area contributed by atoms with Crippen LogP contribution in [0.25, 0.3) is 0 Å². The number of nitriles is 1. The second-order valence-corrected chi connectivity index (χ2v) is 4.33. The summed E-state index contributed by atoms with van der Waals surface area (Å²) in [6.45, 7) is 1.83. The van der Waals surface area contributed by atoms with Crippen LogP contribution in [-0.4, -0.2) is 0 Å². The molecule has 0 saturated heterocycles. The Kier molecular flexibility index (Phi) is 3.50. The van der Waals surface area contributed by atoms with Gasteiger partial charge in [0.1, 0.15) is 5.82 Å². The van der Waals surface area contributed by atoms with Crippen molar-refractivity contribution in [3.8, 4) is 6.07 Å². The van der Waals surface area contributed by atoms with Crippen molar-refractivity contribution in [2.75, 3.05) is 5.32 Å². The lowest BCUT2D eigenvalue weighted by molar-refractivity contribution is 0.632. The van der Waals surface area contributed by atoms with Gasteiger partial charge >= 0.3 is 0 Å². The molecule has 4 heteroatoms. The summed E-state index contributed by atoms with van der Waals surface area (Å²) in [6, 6.07) is 11.6. The molecule has 2 aromatic carbocycles. The molecule has 2 nitrogen and oxygen atoms in total. The van der Waals surface area contributed by atoms with Crippen LogP contribution >= 0.6 is 11.6 Å². The highest BCUT2D eigenvalue weighted by Gasteiger charge is 2.04. The Morgan fingerprint density at radius 2 is 2.00 bits per heavy atom. The Morgan fingerprint density at radius 1 is 1.22 bits per heavy atom. The number of anilines is 2. The Labute approximate surface area is 110 Å². The van der Waals surface area contributed by atoms with Crippen LogP contribution < -0.4 is 5.32 Å². The molecule has 0 atom stereocenters. The van der Waals surface area contributed by atoms with Gasteiger partial charge in [-0.2, -0.15) is 5.26 Å². The van der Waals surface area contributed by atoms with Crippen molar-refractivity contribution in [3.63, 3.8) is 0 Å². The molecular weight excluding hydrogens is 251 g/mol. The fourth-order valence-electron chi connectivity index (χ4n) is 1.62. The van der Waals surface area contributed by atoms with Gasteiger partial charge in [0, 0.05) is 10.7 Å². The third-order valence-corrected chi connectivity index (χ3v) is 2.79. The summed E-state index contributed by atoms with van der Waals surface area (Å²) in [5.41, 5.74) is 2.47. The molecule has 18 heavy (non-hydrogen) atoms. The molecule has 0 radical (unpaired) electrons. The fraction of sp³-hybridized carbons (Fsp3) is 0.0714. The molecule has 0 aliphatic heterocycles. The fourth-order valence-corrected chi connectivity index (χ4v) is 1.79. The van der Waals surface area contributed by atoms with Gasteiger partial charge in [-0.05, 0) is 48.9 Å². The molecule has 2 aromatic rings. The van der Waals surface area contributed by atoms with Crippen LogP contribution in [-0.2, 0) is 0 Å². The zero-order valence-electron chi connectivity index (χ0n) is 9.67. The maximum atomic E-state index is 13.5. The van der Waals surface area contributed by atoms with E-state index in [0.717, 1.165) is 5.56 Å². The summed E-state index contributed by atoms with van der Waals surface area (Å²) in [5, 5.41) is 12.2. The zero-order chi connectivity index (χ0) is 13.1. The molecule has 0 bridgehead atoms. The SMILES string of the molecule is Cc1cc(Nc2cc(Cl)ccc2F)ccc1C#N. The van der Waals surface area contributed by atoms with Crippen LogP contribution in [0, 0.1) is 24.1 Å². The van der Waals surface area contributed by atoms with Crippen molar-refractivity contribution in [2.45, 2.75) is 6.92 Å². The van der Waals surface area contributed by atoms with Crippen molar-refractivity contribution >= 4 is 23.0 Å². The standard InChI is InChI=1S/C14H10ClFN2/c1-9-6-12(4-2-10(9)8-17)18-14-7-11(15)3-5-13(14)16/h2-7,18H,1H3. The van der Waals surface area contributed by atoms with E-state index in [9.17, 15) is 4.39 Å². The summed E-state index contributed by atoms with van der Waals surface area (Å²) in [6.07, 6.45) is 0. The van der Waals surface area contributed by atoms with Gasteiger partial charge in [0.25, 0.3) is 0 Å². The predicted octanol–water partition coefficient (Wildman–Crippen LogP) is 4.40. The topological polar surface area (TPSA) is 35.8 Å². The van der Waals surface area contributed by atoms with Gasteiger partial charge in [-0.15, -0.1) is 0 Å². The third kappa shape index (κ3) is 2.61. The van der Waals surface area contributed by atoms with E-state index in [0.29, 0.717) is 22.0 Å². The monoisotopic (exact) mass is 260 g/mol. The van der Waals surface area contributed by atoms with Crippen LogP contribution in [0.1, 0.15) is 11.1 Å². The first-order valence-electron chi connectivity index (χ1n) is 5.33. The largest absolute Gasteiger partial charge is 0.353 e. The zero-order valence-corrected chi connectivity index (χ0v) is 10.4. The Hall–Kier alpha value is -2.05. The predicted molar refractivity (Wildman–Crippen MR) is 70.6 cm³/mol. The minimum absolute atomic E-state index is 0.312. The lowest BCUT2D eigenvalue weighted by Crippen LogP contribution is -1.95. The number of nitrogens with zero attached hydrogens (tertiary/aromatic N) is 1. The molecule has 0 aromatic heterocycles. The number of halogens is 2. The van der Waals surface area contributed by atoms with Crippen molar-refractivity contribution in [1.82, 2.24) is 0 Å². The van der Waals surface area contributed by atoms with Crippen LogP contribution in [0.2, 0.25) is 5.02 Å². The first-order chi connectivity index (χ1) is 8.60. The molecule has 0 fully saturated rings. The molecule has 2 rings (SSSR count). The molecule has 0 unspecified atom stereocenters. The maximum Gasteiger partial charge on any atom is 0.146 e. The maximum absolute atomic E-state index is 13.5. The molecule has 0 spiro atoms. The Bertz CT molecular complexity index is 632. The summed E-state index contributed by atoms with van der Waals surface area (Å²) in [7, 11) is 0. The third-order valence-electron chi connectivity index (χ3n) is 2.55. The molecule has 90 valence electrons. The average Bonchev–Trinajstić information content (AvgIpc) is 2.34. The minimum Gasteiger partial charge on any atom is -0.353 e. The highest BCUT2D eigenvalue weighted by Crippen LogP contribution is 2.24. The van der Waals surface area contributed by atoms with Gasteiger partial charge in [-0.3, -0.25) is 0 Å². The first-order valence-corrected chi connectivity index (χ1v) is 5.71. The van der Waals surface area contributed by atoms with Crippen molar-refractivity contribution in [2.24, 2.45) is 0 Å². The van der Waals surface area contributed by atoms with Crippen molar-refractivity contribution in [3.05, 3.63) is 58.4 Å². The summed E-state index contributed by atoms with van der Waals surface area (Å²) in [5.74, 6) is -0.374.